The molecule has 1 heterocycles. The van der Waals surface area contributed by atoms with Gasteiger partial charge in [0.2, 0.25) is 0 Å². The number of rotatable bonds is 4. The molecule has 0 bridgehead atoms. The van der Waals surface area contributed by atoms with Gasteiger partial charge in [0, 0.05) is 25.0 Å². The molecular formula is C16H27N3O2. The summed E-state index contributed by atoms with van der Waals surface area (Å²) in [6, 6.07) is 4.40. The number of hydrogen-bond donors (Lipinski definition) is 2. The molecule has 1 amide bonds. The molecule has 21 heavy (non-hydrogen) atoms. The van der Waals surface area contributed by atoms with Crippen LogP contribution in [0.15, 0.2) is 24.5 Å². The molecule has 1 aromatic rings. The summed E-state index contributed by atoms with van der Waals surface area (Å²) in [4.78, 5) is 11.8. The minimum absolute atomic E-state index is 0.326. The minimum Gasteiger partial charge on any atom is -0.444 e. The summed E-state index contributed by atoms with van der Waals surface area (Å²) < 4.78 is 7.29. The third-order valence-electron chi connectivity index (χ3n) is 3.74. The molecule has 5 heteroatoms. The van der Waals surface area contributed by atoms with Crippen LogP contribution in [0.4, 0.5) is 4.79 Å². The summed E-state index contributed by atoms with van der Waals surface area (Å²) in [6.07, 6.45) is 8.42. The van der Waals surface area contributed by atoms with E-state index in [9.17, 15) is 4.79 Å². The van der Waals surface area contributed by atoms with Crippen molar-refractivity contribution in [3.8, 4) is 0 Å². The second kappa shape index (κ2) is 6.87. The lowest BCUT2D eigenvalue weighted by Crippen LogP contribution is -2.43. The van der Waals surface area contributed by atoms with E-state index in [0.717, 1.165) is 12.8 Å². The van der Waals surface area contributed by atoms with Crippen LogP contribution in [0, 0.1) is 5.92 Å². The van der Waals surface area contributed by atoms with E-state index in [-0.39, 0.29) is 6.09 Å². The predicted octanol–water partition coefficient (Wildman–Crippen LogP) is 3.12. The van der Waals surface area contributed by atoms with E-state index >= 15 is 0 Å². The highest BCUT2D eigenvalue weighted by atomic mass is 16.6. The maximum Gasteiger partial charge on any atom is 0.407 e. The van der Waals surface area contributed by atoms with Crippen LogP contribution < -0.4 is 10.7 Å². The molecule has 1 saturated carbocycles. The number of ether oxygens (including phenoxy) is 1. The van der Waals surface area contributed by atoms with Gasteiger partial charge < -0.3 is 15.5 Å². The van der Waals surface area contributed by atoms with Crippen molar-refractivity contribution in [2.45, 2.75) is 58.1 Å². The van der Waals surface area contributed by atoms with Crippen molar-refractivity contribution in [3.63, 3.8) is 0 Å². The smallest absolute Gasteiger partial charge is 0.407 e. The summed E-state index contributed by atoms with van der Waals surface area (Å²) in [6.45, 7) is 6.30. The molecule has 0 aliphatic heterocycles. The van der Waals surface area contributed by atoms with Gasteiger partial charge in [-0.15, -0.1) is 0 Å². The minimum atomic E-state index is -0.445. The van der Waals surface area contributed by atoms with Crippen molar-refractivity contribution < 1.29 is 9.53 Å². The van der Waals surface area contributed by atoms with Gasteiger partial charge in [-0.2, -0.15) is 0 Å². The second-order valence-electron chi connectivity index (χ2n) is 6.75. The van der Waals surface area contributed by atoms with Gasteiger partial charge in [0.15, 0.2) is 0 Å². The number of amides is 1. The molecule has 1 fully saturated rings. The Bertz CT molecular complexity index is 437. The van der Waals surface area contributed by atoms with Crippen molar-refractivity contribution in [3.05, 3.63) is 24.5 Å². The largest absolute Gasteiger partial charge is 0.444 e. The van der Waals surface area contributed by atoms with E-state index in [1.807, 2.05) is 50.0 Å². The third kappa shape index (κ3) is 5.33. The maximum absolute atomic E-state index is 11.8. The maximum atomic E-state index is 11.8. The number of carbonyl (C=O) groups excluding carboxylic acids is 1. The average molecular weight is 293 g/mol. The number of aromatic nitrogens is 1. The molecule has 0 saturated heterocycles. The van der Waals surface area contributed by atoms with Crippen LogP contribution in [0.1, 0.15) is 46.5 Å². The summed E-state index contributed by atoms with van der Waals surface area (Å²) in [5.74, 6) is 0.439. The fraction of sp³-hybridized carbons (Fsp3) is 0.688. The molecule has 0 radical (unpaired) electrons. The number of hydrogen-bond acceptors (Lipinski definition) is 3. The first-order chi connectivity index (χ1) is 9.94. The van der Waals surface area contributed by atoms with E-state index in [4.69, 9.17) is 4.74 Å². The topological polar surface area (TPSA) is 55.3 Å². The zero-order chi connectivity index (χ0) is 15.3. The first-order valence-electron chi connectivity index (χ1n) is 7.80. The van der Waals surface area contributed by atoms with Gasteiger partial charge in [-0.25, -0.2) is 4.79 Å². The molecule has 0 spiro atoms. The first-order valence-corrected chi connectivity index (χ1v) is 7.80. The van der Waals surface area contributed by atoms with Gasteiger partial charge in [0.1, 0.15) is 5.60 Å². The van der Waals surface area contributed by atoms with E-state index in [1.165, 1.54) is 12.8 Å². The van der Waals surface area contributed by atoms with Crippen molar-refractivity contribution in [1.82, 2.24) is 9.99 Å². The number of alkyl carbamates (subject to hydrolysis) is 1. The molecule has 1 aromatic heterocycles. The van der Waals surface area contributed by atoms with Gasteiger partial charge in [0.05, 0.1) is 0 Å². The van der Waals surface area contributed by atoms with E-state index in [1.54, 1.807) is 0 Å². The molecule has 2 rings (SSSR count). The van der Waals surface area contributed by atoms with Crippen molar-refractivity contribution in [2.75, 3.05) is 12.0 Å². The lowest BCUT2D eigenvalue weighted by atomic mass is 9.85. The Kier molecular flexibility index (Phi) is 5.15. The average Bonchev–Trinajstić information content (AvgIpc) is 2.88. The lowest BCUT2D eigenvalue weighted by Gasteiger charge is -2.33. The van der Waals surface area contributed by atoms with Crippen LogP contribution in [-0.4, -0.2) is 29.0 Å². The normalized spacial score (nSPS) is 22.6. The van der Waals surface area contributed by atoms with Gasteiger partial charge in [-0.1, -0.05) is 12.8 Å². The van der Waals surface area contributed by atoms with Crippen molar-refractivity contribution in [2.24, 2.45) is 5.92 Å². The molecule has 1 aliphatic rings. The molecule has 1 aliphatic carbocycles. The van der Waals surface area contributed by atoms with Crippen molar-refractivity contribution in [1.29, 1.82) is 0 Å². The van der Waals surface area contributed by atoms with E-state index < -0.39 is 5.60 Å². The quantitative estimate of drug-likeness (QED) is 0.897. The van der Waals surface area contributed by atoms with Crippen LogP contribution in [-0.2, 0) is 4.74 Å². The molecule has 2 atom stereocenters. The van der Waals surface area contributed by atoms with Crippen LogP contribution in [0.25, 0.3) is 0 Å². The Morgan fingerprint density at radius 1 is 1.24 bits per heavy atom. The Morgan fingerprint density at radius 3 is 2.57 bits per heavy atom. The molecule has 2 N–H and O–H groups in total. The summed E-state index contributed by atoms with van der Waals surface area (Å²) >= 11 is 0. The van der Waals surface area contributed by atoms with Gasteiger partial charge in [-0.05, 0) is 51.7 Å². The van der Waals surface area contributed by atoms with Crippen molar-refractivity contribution >= 4 is 6.09 Å². The fourth-order valence-corrected chi connectivity index (χ4v) is 2.76. The van der Waals surface area contributed by atoms with E-state index in [0.29, 0.717) is 18.5 Å². The number of nitrogens with zero attached hydrogens (tertiary/aromatic N) is 1. The Balaban J connectivity index is 1.83. The number of carbonyl (C=O) groups is 1. The van der Waals surface area contributed by atoms with Gasteiger partial charge in [-0.3, -0.25) is 4.68 Å². The second-order valence-corrected chi connectivity index (χ2v) is 6.75. The highest BCUT2D eigenvalue weighted by molar-refractivity contribution is 5.67. The summed E-state index contributed by atoms with van der Waals surface area (Å²) in [7, 11) is 0. The molecular weight excluding hydrogens is 266 g/mol. The van der Waals surface area contributed by atoms with Gasteiger partial charge >= 0.3 is 6.09 Å². The Labute approximate surface area is 127 Å². The van der Waals surface area contributed by atoms with Crippen LogP contribution in [0.5, 0.6) is 0 Å². The summed E-state index contributed by atoms with van der Waals surface area (Å²) in [5.41, 5.74) is 3.06. The predicted molar refractivity (Wildman–Crippen MR) is 83.8 cm³/mol. The monoisotopic (exact) mass is 293 g/mol. The van der Waals surface area contributed by atoms with E-state index in [2.05, 4.69) is 10.7 Å². The molecule has 118 valence electrons. The first kappa shape index (κ1) is 15.7. The van der Waals surface area contributed by atoms with Crippen LogP contribution in [0.2, 0.25) is 0 Å². The lowest BCUT2D eigenvalue weighted by molar-refractivity contribution is 0.0513. The van der Waals surface area contributed by atoms with Crippen LogP contribution in [0.3, 0.4) is 0 Å². The highest BCUT2D eigenvalue weighted by Gasteiger charge is 2.26. The highest BCUT2D eigenvalue weighted by Crippen LogP contribution is 2.24. The SMILES string of the molecule is CC(C)(C)OC(=O)NCC1CCCCC1Nn1cccc1. The van der Waals surface area contributed by atoms with Crippen LogP contribution >= 0.6 is 0 Å². The summed E-state index contributed by atoms with van der Waals surface area (Å²) in [5, 5.41) is 2.91. The fourth-order valence-electron chi connectivity index (χ4n) is 2.76. The Hall–Kier alpha value is -1.65. The Morgan fingerprint density at radius 2 is 1.90 bits per heavy atom. The third-order valence-corrected chi connectivity index (χ3v) is 3.74. The zero-order valence-electron chi connectivity index (χ0n) is 13.3. The molecule has 2 unspecified atom stereocenters. The standard InChI is InChI=1S/C16H27N3O2/c1-16(2,3)21-15(20)17-12-13-8-4-5-9-14(13)18-19-10-6-7-11-19/h6-7,10-11,13-14,18H,4-5,8-9,12H2,1-3H3,(H,17,20). The molecule has 5 nitrogen and oxygen atoms in total. The molecule has 0 aromatic carbocycles. The zero-order valence-corrected chi connectivity index (χ0v) is 13.3. The number of nitrogens with one attached hydrogen (secondary N) is 2. The van der Waals surface area contributed by atoms with Gasteiger partial charge in [0.25, 0.3) is 0 Å².